The molecule has 32 heavy (non-hydrogen) atoms. The molecule has 168 valence electrons. The Morgan fingerprint density at radius 1 is 0.938 bits per heavy atom. The number of hydrogen-bond donors (Lipinski definition) is 2. The number of nitrogens with two attached hydrogens (primary N) is 1. The van der Waals surface area contributed by atoms with Crippen molar-refractivity contribution in [3.8, 4) is 5.69 Å². The lowest BCUT2D eigenvalue weighted by atomic mass is 10.1. The Balaban J connectivity index is 1.45. The minimum atomic E-state index is -3.73. The molecule has 0 saturated heterocycles. The molecule has 0 atom stereocenters. The van der Waals surface area contributed by atoms with E-state index in [1.807, 2.05) is 38.1 Å². The Morgan fingerprint density at radius 2 is 1.53 bits per heavy atom. The van der Waals surface area contributed by atoms with Gasteiger partial charge in [-0.3, -0.25) is 4.79 Å². The van der Waals surface area contributed by atoms with Crippen molar-refractivity contribution in [1.29, 1.82) is 0 Å². The van der Waals surface area contributed by atoms with E-state index in [9.17, 15) is 18.0 Å². The first-order valence-corrected chi connectivity index (χ1v) is 11.5. The number of esters is 1. The van der Waals surface area contributed by atoms with Crippen LogP contribution in [0.4, 0.5) is 0 Å². The highest BCUT2D eigenvalue weighted by molar-refractivity contribution is 7.89. The third-order valence-electron chi connectivity index (χ3n) is 4.95. The van der Waals surface area contributed by atoms with Crippen LogP contribution in [0.1, 0.15) is 27.3 Å². The summed E-state index contributed by atoms with van der Waals surface area (Å²) in [5.41, 5.74) is 4.32. The summed E-state index contributed by atoms with van der Waals surface area (Å²) < 4.78 is 29.7. The minimum Gasteiger partial charge on any atom is -0.452 e. The number of sulfonamides is 1. The van der Waals surface area contributed by atoms with Gasteiger partial charge in [0.05, 0.1) is 10.5 Å². The van der Waals surface area contributed by atoms with Crippen LogP contribution in [0.25, 0.3) is 5.69 Å². The number of nitrogens with one attached hydrogen (secondary N) is 1. The number of carbonyl (C=O) groups excluding carboxylic acids is 2. The van der Waals surface area contributed by atoms with Crippen molar-refractivity contribution in [2.75, 3.05) is 13.2 Å². The zero-order valence-corrected chi connectivity index (χ0v) is 18.7. The molecule has 0 aliphatic heterocycles. The van der Waals surface area contributed by atoms with Crippen LogP contribution in [-0.4, -0.2) is 38.0 Å². The van der Waals surface area contributed by atoms with Gasteiger partial charge in [0.1, 0.15) is 0 Å². The minimum absolute atomic E-state index is 0.0314. The molecule has 3 rings (SSSR count). The summed E-state index contributed by atoms with van der Waals surface area (Å²) in [6, 6.07) is 17.1. The molecule has 0 fully saturated rings. The van der Waals surface area contributed by atoms with Gasteiger partial charge in [-0.25, -0.2) is 18.4 Å². The van der Waals surface area contributed by atoms with Gasteiger partial charge in [-0.2, -0.15) is 0 Å². The van der Waals surface area contributed by atoms with Gasteiger partial charge in [0.2, 0.25) is 10.0 Å². The highest BCUT2D eigenvalue weighted by Crippen LogP contribution is 2.17. The van der Waals surface area contributed by atoms with Crippen LogP contribution >= 0.6 is 0 Å². The van der Waals surface area contributed by atoms with Gasteiger partial charge in [-0.1, -0.05) is 12.1 Å². The normalized spacial score (nSPS) is 11.2. The Kier molecular flexibility index (Phi) is 7.12. The fraction of sp³-hybridized carbons (Fsp3) is 0.217. The van der Waals surface area contributed by atoms with Crippen molar-refractivity contribution >= 4 is 21.9 Å². The number of ether oxygens (including phenoxy) is 1. The Labute approximate surface area is 187 Å². The van der Waals surface area contributed by atoms with E-state index in [1.165, 1.54) is 12.1 Å². The summed E-state index contributed by atoms with van der Waals surface area (Å²) in [7, 11) is -3.73. The van der Waals surface area contributed by atoms with Crippen LogP contribution in [0, 0.1) is 13.8 Å². The molecule has 0 unspecified atom stereocenters. The van der Waals surface area contributed by atoms with Crippen LogP contribution < -0.4 is 10.5 Å². The molecule has 2 aromatic carbocycles. The molecule has 1 heterocycles. The topological polar surface area (TPSA) is 120 Å². The lowest BCUT2D eigenvalue weighted by Gasteiger charge is -2.10. The van der Waals surface area contributed by atoms with Gasteiger partial charge >= 0.3 is 5.97 Å². The van der Waals surface area contributed by atoms with Gasteiger partial charge in [0.25, 0.3) is 5.91 Å². The second-order valence-corrected chi connectivity index (χ2v) is 8.92. The number of amides is 1. The van der Waals surface area contributed by atoms with E-state index < -0.39 is 21.9 Å². The average Bonchev–Trinajstić information content (AvgIpc) is 3.10. The maximum atomic E-state index is 12.2. The van der Waals surface area contributed by atoms with Crippen molar-refractivity contribution < 1.29 is 22.7 Å². The molecule has 0 spiro atoms. The molecular weight excluding hydrogens is 430 g/mol. The molecule has 1 aromatic heterocycles. The van der Waals surface area contributed by atoms with E-state index in [1.54, 1.807) is 24.3 Å². The smallest absolute Gasteiger partial charge is 0.338 e. The van der Waals surface area contributed by atoms with E-state index in [0.717, 1.165) is 22.6 Å². The van der Waals surface area contributed by atoms with Gasteiger partial charge in [0.15, 0.2) is 6.61 Å². The summed E-state index contributed by atoms with van der Waals surface area (Å²) in [6.07, 6.45) is 0.490. The van der Waals surface area contributed by atoms with Gasteiger partial charge < -0.3 is 14.6 Å². The fourth-order valence-corrected chi connectivity index (χ4v) is 3.80. The zero-order valence-electron chi connectivity index (χ0n) is 17.9. The number of benzene rings is 2. The summed E-state index contributed by atoms with van der Waals surface area (Å²) in [6.45, 7) is 3.94. The molecule has 8 nitrogen and oxygen atoms in total. The zero-order chi connectivity index (χ0) is 23.3. The number of hydrogen-bond acceptors (Lipinski definition) is 5. The highest BCUT2D eigenvalue weighted by atomic mass is 32.2. The Morgan fingerprint density at radius 3 is 2.09 bits per heavy atom. The first-order chi connectivity index (χ1) is 15.1. The molecular formula is C23H25N3O5S. The molecule has 1 amide bonds. The maximum absolute atomic E-state index is 12.2. The molecule has 0 aliphatic rings. The van der Waals surface area contributed by atoms with Gasteiger partial charge in [-0.05, 0) is 74.4 Å². The molecule has 0 aliphatic carbocycles. The SMILES string of the molecule is Cc1ccc(C)n1-c1ccc(C(=O)OCC(=O)NCCc2ccc(S(N)(=O)=O)cc2)cc1. The highest BCUT2D eigenvalue weighted by Gasteiger charge is 2.12. The second-order valence-electron chi connectivity index (χ2n) is 7.36. The van der Waals surface area contributed by atoms with E-state index >= 15 is 0 Å². The van der Waals surface area contributed by atoms with Crippen LogP contribution in [-0.2, 0) is 26.0 Å². The van der Waals surface area contributed by atoms with E-state index in [-0.39, 0.29) is 11.5 Å². The largest absolute Gasteiger partial charge is 0.452 e. The molecule has 3 N–H and O–H groups in total. The Hall–Kier alpha value is -3.43. The number of nitrogens with zero attached hydrogens (tertiary/aromatic N) is 1. The second kappa shape index (κ2) is 9.80. The summed E-state index contributed by atoms with van der Waals surface area (Å²) >= 11 is 0. The number of carbonyl (C=O) groups is 2. The standard InChI is InChI=1S/C23H25N3O5S/c1-16-3-4-17(2)26(16)20-9-7-19(8-10-20)23(28)31-15-22(27)25-14-13-18-5-11-21(12-6-18)32(24,29)30/h3-12H,13-15H2,1-2H3,(H,25,27)(H2,24,29,30). The average molecular weight is 456 g/mol. The summed E-state index contributed by atoms with van der Waals surface area (Å²) in [4.78, 5) is 24.2. The maximum Gasteiger partial charge on any atom is 0.338 e. The van der Waals surface area contributed by atoms with Crippen molar-refractivity contribution in [3.63, 3.8) is 0 Å². The number of rotatable bonds is 8. The fourth-order valence-electron chi connectivity index (χ4n) is 3.28. The number of aryl methyl sites for hydroxylation is 2. The molecule has 3 aromatic rings. The van der Waals surface area contributed by atoms with E-state index in [0.29, 0.717) is 18.5 Å². The van der Waals surface area contributed by atoms with Crippen molar-refractivity contribution in [1.82, 2.24) is 9.88 Å². The predicted molar refractivity (Wildman–Crippen MR) is 120 cm³/mol. The predicted octanol–water partition coefficient (Wildman–Crippen LogP) is 2.26. The number of primary sulfonamides is 1. The van der Waals surface area contributed by atoms with Crippen LogP contribution in [0.5, 0.6) is 0 Å². The third kappa shape index (κ3) is 5.83. The molecule has 0 bridgehead atoms. The molecule has 9 heteroatoms. The summed E-state index contributed by atoms with van der Waals surface area (Å²) in [5.74, 6) is -0.999. The van der Waals surface area contributed by atoms with Crippen LogP contribution in [0.2, 0.25) is 0 Å². The lowest BCUT2D eigenvalue weighted by molar-refractivity contribution is -0.124. The van der Waals surface area contributed by atoms with Crippen molar-refractivity contribution in [3.05, 3.63) is 83.2 Å². The van der Waals surface area contributed by atoms with Gasteiger partial charge in [0, 0.05) is 23.6 Å². The molecule has 0 saturated carbocycles. The van der Waals surface area contributed by atoms with Gasteiger partial charge in [-0.15, -0.1) is 0 Å². The first-order valence-electron chi connectivity index (χ1n) is 9.96. The monoisotopic (exact) mass is 455 g/mol. The first kappa shape index (κ1) is 23.2. The van der Waals surface area contributed by atoms with Crippen molar-refractivity contribution in [2.45, 2.75) is 25.2 Å². The van der Waals surface area contributed by atoms with Crippen LogP contribution in [0.3, 0.4) is 0 Å². The Bertz CT molecular complexity index is 1190. The quantitative estimate of drug-likeness (QED) is 0.505. The molecule has 0 radical (unpaired) electrons. The van der Waals surface area contributed by atoms with E-state index in [4.69, 9.17) is 9.88 Å². The summed E-state index contributed by atoms with van der Waals surface area (Å²) in [5, 5.41) is 7.72. The van der Waals surface area contributed by atoms with E-state index in [2.05, 4.69) is 9.88 Å². The number of aromatic nitrogens is 1. The van der Waals surface area contributed by atoms with Crippen molar-refractivity contribution in [2.24, 2.45) is 5.14 Å². The third-order valence-corrected chi connectivity index (χ3v) is 5.88. The van der Waals surface area contributed by atoms with Crippen LogP contribution in [0.15, 0.2) is 65.6 Å². The lowest BCUT2D eigenvalue weighted by Crippen LogP contribution is -2.30.